The Bertz CT molecular complexity index is 442. The summed E-state index contributed by atoms with van der Waals surface area (Å²) < 4.78 is 20.9. The van der Waals surface area contributed by atoms with Crippen molar-refractivity contribution in [2.45, 2.75) is 66.4 Å². The van der Waals surface area contributed by atoms with E-state index < -0.39 is 32.6 Å². The predicted octanol–water partition coefficient (Wildman–Crippen LogP) is 2.49. The highest BCUT2D eigenvalue weighted by Crippen LogP contribution is 2.20. The van der Waals surface area contributed by atoms with Gasteiger partial charge in [-0.05, 0) is 25.2 Å². The first kappa shape index (κ1) is 23.9. The Balaban J connectivity index is 4.27. The molecule has 0 aromatic rings. The van der Waals surface area contributed by atoms with E-state index in [9.17, 15) is 19.3 Å². The number of carbonyl (C=O) groups is 2. The molecule has 0 saturated heterocycles. The summed E-state index contributed by atoms with van der Waals surface area (Å²) in [6, 6.07) is 0. The molecule has 0 radical (unpaired) electrons. The SMILES string of the molecule is CC(CCC(O)NC(=O)O[C@H](OC(=O)C(C)C)C(C)C)CC[PH](=O)O. The molecular formula is C16H32NO7P. The minimum atomic E-state index is -2.47. The van der Waals surface area contributed by atoms with Crippen molar-refractivity contribution in [3.63, 3.8) is 0 Å². The molecule has 0 aromatic heterocycles. The van der Waals surface area contributed by atoms with E-state index >= 15 is 0 Å². The maximum absolute atomic E-state index is 11.8. The van der Waals surface area contributed by atoms with Gasteiger partial charge in [0.05, 0.1) is 5.92 Å². The maximum atomic E-state index is 11.8. The molecule has 9 heteroatoms. The summed E-state index contributed by atoms with van der Waals surface area (Å²) in [7, 11) is -2.47. The summed E-state index contributed by atoms with van der Waals surface area (Å²) in [5.74, 6) is -0.880. The molecule has 0 saturated carbocycles. The first-order valence-electron chi connectivity index (χ1n) is 8.60. The number of aliphatic hydroxyl groups excluding tert-OH is 1. The third-order valence-electron chi connectivity index (χ3n) is 3.54. The van der Waals surface area contributed by atoms with Gasteiger partial charge < -0.3 is 19.5 Å². The minimum Gasteiger partial charge on any atom is -0.425 e. The fraction of sp³-hybridized carbons (Fsp3) is 0.875. The summed E-state index contributed by atoms with van der Waals surface area (Å²) in [5.41, 5.74) is 0. The number of hydrogen-bond acceptors (Lipinski definition) is 6. The first-order valence-corrected chi connectivity index (χ1v) is 10.2. The number of alkyl carbamates (subject to hydrolysis) is 1. The van der Waals surface area contributed by atoms with Gasteiger partial charge in [0.15, 0.2) is 8.03 Å². The fourth-order valence-corrected chi connectivity index (χ4v) is 2.59. The normalized spacial score (nSPS) is 16.2. The van der Waals surface area contributed by atoms with Crippen LogP contribution in [0.2, 0.25) is 0 Å². The Morgan fingerprint density at radius 3 is 2.12 bits per heavy atom. The summed E-state index contributed by atoms with van der Waals surface area (Å²) in [4.78, 5) is 32.3. The molecule has 0 fully saturated rings. The number of carbonyl (C=O) groups excluding carboxylic acids is 2. The van der Waals surface area contributed by atoms with Gasteiger partial charge in [0.25, 0.3) is 6.29 Å². The van der Waals surface area contributed by atoms with Crippen LogP contribution in [0.15, 0.2) is 0 Å². The summed E-state index contributed by atoms with van der Waals surface area (Å²) in [6.45, 7) is 8.76. The largest absolute Gasteiger partial charge is 0.425 e. The van der Waals surface area contributed by atoms with E-state index in [2.05, 4.69) is 5.32 Å². The standard InChI is InChI=1S/C16H32NO7P/c1-10(2)14(19)23-15(11(3)4)24-16(20)17-13(18)7-6-12(5)8-9-25(21)22/h10-13,15,18,25H,6-9H2,1-5H3,(H,17,20)(H,21,22)/t12?,13?,15-/m0/s1. The Labute approximate surface area is 150 Å². The molecule has 0 aromatic carbocycles. The highest BCUT2D eigenvalue weighted by Gasteiger charge is 2.25. The third-order valence-corrected chi connectivity index (χ3v) is 4.26. The lowest BCUT2D eigenvalue weighted by molar-refractivity contribution is -0.179. The smallest absolute Gasteiger partial charge is 0.412 e. The highest BCUT2D eigenvalue weighted by atomic mass is 31.1. The molecule has 0 aliphatic heterocycles. The lowest BCUT2D eigenvalue weighted by Crippen LogP contribution is -2.40. The van der Waals surface area contributed by atoms with Gasteiger partial charge in [0.2, 0.25) is 0 Å². The van der Waals surface area contributed by atoms with E-state index in [-0.39, 0.29) is 23.9 Å². The molecule has 0 spiro atoms. The molecule has 3 unspecified atom stereocenters. The monoisotopic (exact) mass is 381 g/mol. The van der Waals surface area contributed by atoms with Crippen LogP contribution < -0.4 is 5.32 Å². The second-order valence-corrected chi connectivity index (χ2v) is 8.17. The zero-order chi connectivity index (χ0) is 19.6. The van der Waals surface area contributed by atoms with Crippen molar-refractivity contribution in [2.24, 2.45) is 17.8 Å². The van der Waals surface area contributed by atoms with Crippen molar-refractivity contribution in [3.05, 3.63) is 0 Å². The van der Waals surface area contributed by atoms with Gasteiger partial charge in [-0.1, -0.05) is 34.6 Å². The third kappa shape index (κ3) is 12.0. The highest BCUT2D eigenvalue weighted by molar-refractivity contribution is 7.37. The number of esters is 1. The quantitative estimate of drug-likeness (QED) is 0.285. The van der Waals surface area contributed by atoms with Gasteiger partial charge in [-0.2, -0.15) is 0 Å². The fourth-order valence-electron chi connectivity index (χ4n) is 1.85. The van der Waals surface area contributed by atoms with E-state index in [0.29, 0.717) is 19.3 Å². The number of ether oxygens (including phenoxy) is 2. The average Bonchev–Trinajstić information content (AvgIpc) is 2.49. The van der Waals surface area contributed by atoms with Crippen molar-refractivity contribution >= 4 is 20.1 Å². The van der Waals surface area contributed by atoms with E-state index in [1.165, 1.54) is 0 Å². The number of aliphatic hydroxyl groups is 1. The van der Waals surface area contributed by atoms with Crippen LogP contribution in [0.4, 0.5) is 4.79 Å². The summed E-state index contributed by atoms with van der Waals surface area (Å²) >= 11 is 0. The molecule has 3 N–H and O–H groups in total. The van der Waals surface area contributed by atoms with E-state index in [1.807, 2.05) is 6.92 Å². The number of nitrogens with one attached hydrogen (secondary N) is 1. The molecule has 25 heavy (non-hydrogen) atoms. The Kier molecular flexibility index (Phi) is 11.7. The van der Waals surface area contributed by atoms with E-state index in [1.54, 1.807) is 27.7 Å². The lowest BCUT2D eigenvalue weighted by atomic mass is 10.0. The van der Waals surface area contributed by atoms with Gasteiger partial charge in [-0.3, -0.25) is 14.7 Å². The van der Waals surface area contributed by atoms with Crippen LogP contribution in [-0.2, 0) is 18.8 Å². The van der Waals surface area contributed by atoms with Crippen LogP contribution in [0, 0.1) is 17.8 Å². The lowest BCUT2D eigenvalue weighted by Gasteiger charge is -2.23. The summed E-state index contributed by atoms with van der Waals surface area (Å²) in [6.07, 6.45) is -1.26. The van der Waals surface area contributed by atoms with Gasteiger partial charge in [-0.15, -0.1) is 0 Å². The Morgan fingerprint density at radius 1 is 1.04 bits per heavy atom. The van der Waals surface area contributed by atoms with Gasteiger partial charge in [-0.25, -0.2) is 4.79 Å². The van der Waals surface area contributed by atoms with Crippen molar-refractivity contribution in [1.29, 1.82) is 0 Å². The molecule has 148 valence electrons. The first-order chi connectivity index (χ1) is 11.5. The molecule has 0 aliphatic rings. The molecule has 0 bridgehead atoms. The minimum absolute atomic E-state index is 0.156. The van der Waals surface area contributed by atoms with Crippen LogP contribution in [-0.4, -0.2) is 40.7 Å². The van der Waals surface area contributed by atoms with Crippen molar-refractivity contribution < 1.29 is 33.6 Å². The van der Waals surface area contributed by atoms with Gasteiger partial charge in [0.1, 0.15) is 6.23 Å². The van der Waals surface area contributed by atoms with Gasteiger partial charge >= 0.3 is 12.1 Å². The number of rotatable bonds is 11. The molecular weight excluding hydrogens is 349 g/mol. The molecule has 0 rings (SSSR count). The van der Waals surface area contributed by atoms with Crippen molar-refractivity contribution in [1.82, 2.24) is 5.32 Å². The molecule has 0 heterocycles. The van der Waals surface area contributed by atoms with Gasteiger partial charge in [0, 0.05) is 12.1 Å². The second-order valence-electron chi connectivity index (χ2n) is 6.88. The Morgan fingerprint density at radius 2 is 1.64 bits per heavy atom. The van der Waals surface area contributed by atoms with E-state index in [4.69, 9.17) is 14.4 Å². The summed E-state index contributed by atoms with van der Waals surface area (Å²) in [5, 5.41) is 12.1. The molecule has 8 nitrogen and oxygen atoms in total. The van der Waals surface area contributed by atoms with Crippen LogP contribution >= 0.6 is 8.03 Å². The topological polar surface area (TPSA) is 122 Å². The van der Waals surface area contributed by atoms with Crippen molar-refractivity contribution in [2.75, 3.05) is 6.16 Å². The van der Waals surface area contributed by atoms with Crippen LogP contribution in [0.3, 0.4) is 0 Å². The molecule has 0 aliphatic carbocycles. The average molecular weight is 381 g/mol. The zero-order valence-corrected chi connectivity index (χ0v) is 16.7. The maximum Gasteiger partial charge on any atom is 0.412 e. The number of amides is 1. The van der Waals surface area contributed by atoms with Crippen molar-refractivity contribution in [3.8, 4) is 0 Å². The van der Waals surface area contributed by atoms with Crippen LogP contribution in [0.1, 0.15) is 53.9 Å². The van der Waals surface area contributed by atoms with Crippen LogP contribution in [0.5, 0.6) is 0 Å². The molecule has 1 amide bonds. The second kappa shape index (κ2) is 12.3. The Hall–Kier alpha value is -1.11. The van der Waals surface area contributed by atoms with E-state index in [0.717, 1.165) is 0 Å². The predicted molar refractivity (Wildman–Crippen MR) is 94.3 cm³/mol. The van der Waals surface area contributed by atoms with Crippen LogP contribution in [0.25, 0.3) is 0 Å². The zero-order valence-electron chi connectivity index (χ0n) is 15.7. The molecule has 4 atom stereocenters. The number of hydrogen-bond donors (Lipinski definition) is 3.